The molecule has 1 aliphatic rings. The van der Waals surface area contributed by atoms with Crippen LogP contribution in [0.5, 0.6) is 0 Å². The maximum absolute atomic E-state index is 12.9. The number of carbonyl (C=O) groups excluding carboxylic acids is 1. The zero-order valence-corrected chi connectivity index (χ0v) is 19.5. The van der Waals surface area contributed by atoms with Crippen molar-refractivity contribution < 1.29 is 14.3 Å². The summed E-state index contributed by atoms with van der Waals surface area (Å²) in [6, 6.07) is -0.202. The largest absolute Gasteiger partial charge is 0.444 e. The Kier molecular flexibility index (Phi) is 6.28. The fourth-order valence-electron chi connectivity index (χ4n) is 3.58. The van der Waals surface area contributed by atoms with Crippen LogP contribution in [0.15, 0.2) is 22.8 Å². The average Bonchev–Trinajstić information content (AvgIpc) is 3.25. The van der Waals surface area contributed by atoms with E-state index in [-0.39, 0.29) is 18.2 Å². The molecule has 2 atom stereocenters. The highest BCUT2D eigenvalue weighted by molar-refractivity contribution is 7.15. The second kappa shape index (κ2) is 8.43. The first-order valence-electron chi connectivity index (χ1n) is 10.1. The van der Waals surface area contributed by atoms with Gasteiger partial charge in [0.15, 0.2) is 10.9 Å². The van der Waals surface area contributed by atoms with Crippen LogP contribution in [0, 0.1) is 0 Å². The van der Waals surface area contributed by atoms with Crippen molar-refractivity contribution in [3.05, 3.63) is 23.5 Å². The van der Waals surface area contributed by atoms with Gasteiger partial charge in [-0.05, 0) is 41.5 Å². The molecule has 166 valence electrons. The summed E-state index contributed by atoms with van der Waals surface area (Å²) in [6.07, 6.45) is 3.44. The van der Waals surface area contributed by atoms with Crippen LogP contribution >= 0.6 is 11.3 Å². The Labute approximate surface area is 181 Å². The van der Waals surface area contributed by atoms with E-state index < -0.39 is 11.3 Å². The third-order valence-corrected chi connectivity index (χ3v) is 5.57. The molecule has 1 amide bonds. The van der Waals surface area contributed by atoms with Crippen molar-refractivity contribution in [3.8, 4) is 0 Å². The standard InChI is InChI=1S/C20H32N6O3S/c1-13-15(26(20(5,6)28-13)18(27)29-19(2,3)4)11-23-16(21-7)22-10-14-12-25-8-9-30-17(25)24-14/h8-9,12-13,15H,10-11H2,1-7H3,(H2,21,22,23). The van der Waals surface area contributed by atoms with Crippen LogP contribution in [0.2, 0.25) is 0 Å². The van der Waals surface area contributed by atoms with E-state index >= 15 is 0 Å². The summed E-state index contributed by atoms with van der Waals surface area (Å²) >= 11 is 1.60. The zero-order chi connectivity index (χ0) is 22.1. The van der Waals surface area contributed by atoms with E-state index in [0.29, 0.717) is 19.0 Å². The van der Waals surface area contributed by atoms with Gasteiger partial charge in [-0.2, -0.15) is 0 Å². The Balaban J connectivity index is 1.61. The molecule has 1 aliphatic heterocycles. The Morgan fingerprint density at radius 1 is 1.40 bits per heavy atom. The molecular formula is C20H32N6O3S. The second-order valence-electron chi connectivity index (χ2n) is 8.82. The van der Waals surface area contributed by atoms with Crippen molar-refractivity contribution in [2.24, 2.45) is 4.99 Å². The molecule has 0 spiro atoms. The Morgan fingerprint density at radius 3 is 2.77 bits per heavy atom. The molecule has 0 bridgehead atoms. The minimum atomic E-state index is -0.757. The van der Waals surface area contributed by atoms with E-state index in [1.54, 1.807) is 23.3 Å². The topological polar surface area (TPSA) is 92.5 Å². The highest BCUT2D eigenvalue weighted by Crippen LogP contribution is 2.33. The molecule has 1 saturated heterocycles. The first kappa shape index (κ1) is 22.4. The summed E-state index contributed by atoms with van der Waals surface area (Å²) in [6.45, 7) is 12.3. The van der Waals surface area contributed by atoms with Crippen LogP contribution in [0.1, 0.15) is 47.2 Å². The van der Waals surface area contributed by atoms with Crippen molar-refractivity contribution >= 4 is 28.4 Å². The zero-order valence-electron chi connectivity index (χ0n) is 18.7. The smallest absolute Gasteiger partial charge is 0.412 e. The molecule has 0 aliphatic carbocycles. The van der Waals surface area contributed by atoms with Gasteiger partial charge in [-0.15, -0.1) is 11.3 Å². The quantitative estimate of drug-likeness (QED) is 0.566. The molecule has 3 rings (SSSR count). The van der Waals surface area contributed by atoms with Gasteiger partial charge in [0.1, 0.15) is 11.3 Å². The lowest BCUT2D eigenvalue weighted by atomic mass is 10.1. The number of aliphatic imine (C=N–C) groups is 1. The van der Waals surface area contributed by atoms with Gasteiger partial charge >= 0.3 is 6.09 Å². The van der Waals surface area contributed by atoms with Crippen LogP contribution in [0.3, 0.4) is 0 Å². The van der Waals surface area contributed by atoms with Crippen molar-refractivity contribution in [1.29, 1.82) is 0 Å². The highest BCUT2D eigenvalue weighted by atomic mass is 32.1. The second-order valence-corrected chi connectivity index (χ2v) is 9.69. The summed E-state index contributed by atoms with van der Waals surface area (Å²) in [5.41, 5.74) is -0.404. The van der Waals surface area contributed by atoms with E-state index in [2.05, 4.69) is 20.6 Å². The first-order chi connectivity index (χ1) is 14.0. The maximum Gasteiger partial charge on any atom is 0.412 e. The predicted octanol–water partition coefficient (Wildman–Crippen LogP) is 2.82. The number of aromatic nitrogens is 2. The van der Waals surface area contributed by atoms with Gasteiger partial charge in [0.25, 0.3) is 0 Å². The minimum Gasteiger partial charge on any atom is -0.444 e. The first-order valence-corrected chi connectivity index (χ1v) is 10.9. The third kappa shape index (κ3) is 5.04. The fraction of sp³-hybridized carbons (Fsp3) is 0.650. The van der Waals surface area contributed by atoms with E-state index in [9.17, 15) is 4.79 Å². The van der Waals surface area contributed by atoms with Gasteiger partial charge in [0.2, 0.25) is 0 Å². The molecule has 10 heteroatoms. The van der Waals surface area contributed by atoms with Crippen LogP contribution in [0.4, 0.5) is 4.79 Å². The van der Waals surface area contributed by atoms with Gasteiger partial charge < -0.3 is 20.1 Å². The van der Waals surface area contributed by atoms with Crippen molar-refractivity contribution in [2.45, 2.75) is 71.6 Å². The Hall–Kier alpha value is -2.33. The summed E-state index contributed by atoms with van der Waals surface area (Å²) in [5, 5.41) is 8.58. The van der Waals surface area contributed by atoms with Crippen LogP contribution < -0.4 is 10.6 Å². The number of imidazole rings is 1. The molecule has 2 unspecified atom stereocenters. The van der Waals surface area contributed by atoms with Crippen LogP contribution in [-0.4, -0.2) is 63.4 Å². The molecular weight excluding hydrogens is 404 g/mol. The minimum absolute atomic E-state index is 0.155. The predicted molar refractivity (Wildman–Crippen MR) is 118 cm³/mol. The van der Waals surface area contributed by atoms with Crippen molar-refractivity contribution in [2.75, 3.05) is 13.6 Å². The molecule has 30 heavy (non-hydrogen) atoms. The number of guanidine groups is 1. The molecule has 2 aromatic heterocycles. The number of ether oxygens (including phenoxy) is 2. The average molecular weight is 437 g/mol. The summed E-state index contributed by atoms with van der Waals surface area (Å²) < 4.78 is 13.7. The molecule has 9 nitrogen and oxygen atoms in total. The van der Waals surface area contributed by atoms with Crippen molar-refractivity contribution in [1.82, 2.24) is 24.9 Å². The van der Waals surface area contributed by atoms with Gasteiger partial charge in [-0.1, -0.05) is 0 Å². The number of carbonyl (C=O) groups is 1. The van der Waals surface area contributed by atoms with Gasteiger partial charge in [0.05, 0.1) is 24.4 Å². The van der Waals surface area contributed by atoms with Gasteiger partial charge in [-0.25, -0.2) is 9.78 Å². The lowest BCUT2D eigenvalue weighted by molar-refractivity contribution is -0.0755. The number of rotatable bonds is 4. The summed E-state index contributed by atoms with van der Waals surface area (Å²) in [7, 11) is 1.71. The lowest BCUT2D eigenvalue weighted by Crippen LogP contribution is -2.54. The van der Waals surface area contributed by atoms with Gasteiger partial charge in [-0.3, -0.25) is 14.3 Å². The number of hydrogen-bond donors (Lipinski definition) is 2. The van der Waals surface area contributed by atoms with E-state index in [0.717, 1.165) is 10.7 Å². The number of amides is 1. The van der Waals surface area contributed by atoms with Crippen LogP contribution in [-0.2, 0) is 16.0 Å². The number of hydrogen-bond acceptors (Lipinski definition) is 6. The SMILES string of the molecule is CN=C(NCc1cn2ccsc2n1)NCC1C(C)OC(C)(C)N1C(=O)OC(C)(C)C. The van der Waals surface area contributed by atoms with E-state index in [4.69, 9.17) is 9.47 Å². The van der Waals surface area contributed by atoms with Crippen LogP contribution in [0.25, 0.3) is 4.96 Å². The monoisotopic (exact) mass is 436 g/mol. The fourth-order valence-corrected chi connectivity index (χ4v) is 4.30. The molecule has 2 N–H and O–H groups in total. The Bertz CT molecular complexity index is 885. The van der Waals surface area contributed by atoms with Gasteiger partial charge in [0, 0.05) is 31.4 Å². The molecule has 0 saturated carbocycles. The Morgan fingerprint density at radius 2 is 2.13 bits per heavy atom. The molecule has 1 fully saturated rings. The highest BCUT2D eigenvalue weighted by Gasteiger charge is 2.49. The number of fused-ring (bicyclic) bond motifs is 1. The lowest BCUT2D eigenvalue weighted by Gasteiger charge is -2.35. The summed E-state index contributed by atoms with van der Waals surface area (Å²) in [4.78, 5) is 24.3. The van der Waals surface area contributed by atoms with E-state index in [1.165, 1.54) is 0 Å². The molecule has 2 aromatic rings. The third-order valence-electron chi connectivity index (χ3n) is 4.80. The maximum atomic E-state index is 12.9. The van der Waals surface area contributed by atoms with E-state index in [1.807, 2.05) is 63.7 Å². The normalized spacial score (nSPS) is 21.8. The molecule has 0 aromatic carbocycles. The molecule has 3 heterocycles. The molecule has 0 radical (unpaired) electrons. The number of nitrogens with zero attached hydrogens (tertiary/aromatic N) is 4. The summed E-state index contributed by atoms with van der Waals surface area (Å²) in [5.74, 6) is 0.632. The van der Waals surface area contributed by atoms with Crippen molar-refractivity contribution in [3.63, 3.8) is 0 Å². The number of nitrogens with one attached hydrogen (secondary N) is 2. The number of thiazole rings is 1.